The van der Waals surface area contributed by atoms with Crippen molar-refractivity contribution in [3.8, 4) is 5.75 Å². The summed E-state index contributed by atoms with van der Waals surface area (Å²) in [5.41, 5.74) is 0.392. The zero-order chi connectivity index (χ0) is 11.9. The Balaban J connectivity index is 1.86. The minimum Gasteiger partial charge on any atom is -0.490 e. The number of ether oxygens (including phenoxy) is 1. The molecule has 3 rings (SSSR count). The van der Waals surface area contributed by atoms with Gasteiger partial charge in [0.1, 0.15) is 5.75 Å². The summed E-state index contributed by atoms with van der Waals surface area (Å²) < 4.78 is 5.79. The molecule has 2 unspecified atom stereocenters. The van der Waals surface area contributed by atoms with Gasteiger partial charge in [-0.05, 0) is 55.7 Å². The van der Waals surface area contributed by atoms with Gasteiger partial charge in [-0.15, -0.1) is 0 Å². The van der Waals surface area contributed by atoms with Crippen molar-refractivity contribution >= 4 is 0 Å². The average molecular weight is 232 g/mol. The molecular formula is C15H20O2. The van der Waals surface area contributed by atoms with Crippen molar-refractivity contribution in [3.05, 3.63) is 29.8 Å². The van der Waals surface area contributed by atoms with Crippen molar-refractivity contribution < 1.29 is 9.84 Å². The van der Waals surface area contributed by atoms with E-state index >= 15 is 0 Å². The third-order valence-corrected chi connectivity index (χ3v) is 4.17. The van der Waals surface area contributed by atoms with Gasteiger partial charge < -0.3 is 9.84 Å². The first-order valence-electron chi connectivity index (χ1n) is 6.68. The number of hydrogen-bond acceptors (Lipinski definition) is 2. The van der Waals surface area contributed by atoms with E-state index in [0.29, 0.717) is 12.0 Å². The molecule has 1 N–H and O–H groups in total. The Hall–Kier alpha value is -1.02. The third kappa shape index (κ3) is 2.06. The largest absolute Gasteiger partial charge is 0.490 e. The molecule has 2 aliphatic carbocycles. The first-order chi connectivity index (χ1) is 8.18. The minimum atomic E-state index is -0.636. The van der Waals surface area contributed by atoms with Gasteiger partial charge in [0, 0.05) is 0 Å². The summed E-state index contributed by atoms with van der Waals surface area (Å²) in [4.78, 5) is 0. The maximum Gasteiger partial charge on any atom is 0.120 e. The van der Waals surface area contributed by atoms with Gasteiger partial charge in [-0.25, -0.2) is 0 Å². The third-order valence-electron chi connectivity index (χ3n) is 4.17. The van der Waals surface area contributed by atoms with Crippen LogP contribution in [-0.2, 0) is 5.60 Å². The number of rotatable bonds is 3. The number of aliphatic hydroxyl groups is 1. The van der Waals surface area contributed by atoms with Crippen LogP contribution in [0.1, 0.15) is 44.6 Å². The lowest BCUT2D eigenvalue weighted by atomic mass is 9.85. The molecule has 2 fully saturated rings. The lowest BCUT2D eigenvalue weighted by molar-refractivity contribution is 0.00425. The second-order valence-electron chi connectivity index (χ2n) is 5.56. The first-order valence-corrected chi connectivity index (χ1v) is 6.68. The lowest BCUT2D eigenvalue weighted by Gasteiger charge is -2.28. The van der Waals surface area contributed by atoms with Crippen LogP contribution in [0, 0.1) is 5.92 Å². The van der Waals surface area contributed by atoms with E-state index in [1.54, 1.807) is 0 Å². The van der Waals surface area contributed by atoms with Crippen molar-refractivity contribution in [2.24, 2.45) is 5.92 Å². The smallest absolute Gasteiger partial charge is 0.120 e. The fraction of sp³-hybridized carbons (Fsp3) is 0.600. The van der Waals surface area contributed by atoms with Crippen LogP contribution in [0.25, 0.3) is 0 Å². The summed E-state index contributed by atoms with van der Waals surface area (Å²) in [6.07, 6.45) is 5.87. The first kappa shape index (κ1) is 11.1. The zero-order valence-electron chi connectivity index (χ0n) is 10.4. The second-order valence-corrected chi connectivity index (χ2v) is 5.56. The number of benzene rings is 1. The van der Waals surface area contributed by atoms with Crippen LogP contribution in [0.2, 0.25) is 0 Å². The zero-order valence-corrected chi connectivity index (χ0v) is 10.4. The second kappa shape index (κ2) is 4.02. The Morgan fingerprint density at radius 2 is 2.12 bits per heavy atom. The van der Waals surface area contributed by atoms with Crippen LogP contribution >= 0.6 is 0 Å². The predicted octanol–water partition coefficient (Wildman–Crippen LogP) is 3.24. The fourth-order valence-corrected chi connectivity index (χ4v) is 2.81. The van der Waals surface area contributed by atoms with E-state index in [0.717, 1.165) is 30.6 Å². The van der Waals surface area contributed by atoms with Crippen LogP contribution in [0.4, 0.5) is 0 Å². The molecule has 0 amide bonds. The van der Waals surface area contributed by atoms with Gasteiger partial charge in [0.2, 0.25) is 0 Å². The van der Waals surface area contributed by atoms with Crippen molar-refractivity contribution in [1.29, 1.82) is 0 Å². The van der Waals surface area contributed by atoms with E-state index in [9.17, 15) is 5.11 Å². The van der Waals surface area contributed by atoms with E-state index in [1.165, 1.54) is 12.8 Å². The van der Waals surface area contributed by atoms with Gasteiger partial charge in [-0.1, -0.05) is 19.1 Å². The quantitative estimate of drug-likeness (QED) is 0.867. The van der Waals surface area contributed by atoms with Crippen molar-refractivity contribution in [3.63, 3.8) is 0 Å². The highest BCUT2D eigenvalue weighted by molar-refractivity contribution is 5.33. The Morgan fingerprint density at radius 3 is 2.76 bits per heavy atom. The molecule has 92 valence electrons. The average Bonchev–Trinajstić information content (AvgIpc) is 3.06. The molecule has 2 aliphatic rings. The molecule has 0 bridgehead atoms. The van der Waals surface area contributed by atoms with Gasteiger partial charge in [0.25, 0.3) is 0 Å². The van der Waals surface area contributed by atoms with Crippen LogP contribution < -0.4 is 4.74 Å². The highest BCUT2D eigenvalue weighted by Gasteiger charge is 2.39. The molecule has 2 saturated carbocycles. The summed E-state index contributed by atoms with van der Waals surface area (Å²) in [5.74, 6) is 1.26. The van der Waals surface area contributed by atoms with E-state index in [2.05, 4.69) is 6.92 Å². The molecule has 2 nitrogen and oxygen atoms in total. The Labute approximate surface area is 103 Å². The summed E-state index contributed by atoms with van der Waals surface area (Å²) in [6, 6.07) is 8.04. The summed E-state index contributed by atoms with van der Waals surface area (Å²) in [7, 11) is 0. The summed E-state index contributed by atoms with van der Waals surface area (Å²) >= 11 is 0. The Kier molecular flexibility index (Phi) is 2.62. The van der Waals surface area contributed by atoms with Crippen molar-refractivity contribution in [2.75, 3.05) is 0 Å². The molecule has 0 spiro atoms. The Morgan fingerprint density at radius 1 is 1.29 bits per heavy atom. The SMILES string of the molecule is CC1CCCC1(O)c1cccc(OC2CC2)c1. The van der Waals surface area contributed by atoms with Gasteiger partial charge in [-0.3, -0.25) is 0 Å². The molecule has 17 heavy (non-hydrogen) atoms. The summed E-state index contributed by atoms with van der Waals surface area (Å²) in [6.45, 7) is 2.14. The molecule has 0 saturated heterocycles. The maximum absolute atomic E-state index is 10.7. The minimum absolute atomic E-state index is 0.346. The van der Waals surface area contributed by atoms with Gasteiger partial charge >= 0.3 is 0 Å². The highest BCUT2D eigenvalue weighted by Crippen LogP contribution is 2.44. The van der Waals surface area contributed by atoms with Gasteiger partial charge in [0.05, 0.1) is 11.7 Å². The van der Waals surface area contributed by atoms with Crippen LogP contribution in [0.5, 0.6) is 5.75 Å². The molecule has 2 heteroatoms. The summed E-state index contributed by atoms with van der Waals surface area (Å²) in [5, 5.41) is 10.7. The number of hydrogen-bond donors (Lipinski definition) is 1. The lowest BCUT2D eigenvalue weighted by Crippen LogP contribution is -2.28. The van der Waals surface area contributed by atoms with E-state index in [4.69, 9.17) is 4.74 Å². The molecule has 0 aliphatic heterocycles. The van der Waals surface area contributed by atoms with Gasteiger partial charge in [0.15, 0.2) is 0 Å². The van der Waals surface area contributed by atoms with Crippen LogP contribution in [-0.4, -0.2) is 11.2 Å². The fourth-order valence-electron chi connectivity index (χ4n) is 2.81. The molecule has 1 aromatic rings. The van der Waals surface area contributed by atoms with Crippen molar-refractivity contribution in [2.45, 2.75) is 50.7 Å². The molecule has 2 atom stereocenters. The topological polar surface area (TPSA) is 29.5 Å². The normalized spacial score (nSPS) is 32.7. The molecule has 0 aromatic heterocycles. The van der Waals surface area contributed by atoms with Crippen LogP contribution in [0.3, 0.4) is 0 Å². The maximum atomic E-state index is 10.7. The predicted molar refractivity (Wildman–Crippen MR) is 67.0 cm³/mol. The molecular weight excluding hydrogens is 212 g/mol. The van der Waals surface area contributed by atoms with E-state index in [1.807, 2.05) is 24.3 Å². The van der Waals surface area contributed by atoms with Gasteiger partial charge in [-0.2, -0.15) is 0 Å². The Bertz CT molecular complexity index is 411. The highest BCUT2D eigenvalue weighted by atomic mass is 16.5. The van der Waals surface area contributed by atoms with E-state index < -0.39 is 5.60 Å². The molecule has 1 aromatic carbocycles. The van der Waals surface area contributed by atoms with Crippen molar-refractivity contribution in [1.82, 2.24) is 0 Å². The molecule has 0 heterocycles. The van der Waals surface area contributed by atoms with Crippen LogP contribution in [0.15, 0.2) is 24.3 Å². The monoisotopic (exact) mass is 232 g/mol. The van der Waals surface area contributed by atoms with E-state index in [-0.39, 0.29) is 0 Å². The standard InChI is InChI=1S/C15H20O2/c1-11-4-3-9-15(11,16)12-5-2-6-14(10-12)17-13-7-8-13/h2,5-6,10-11,13,16H,3-4,7-9H2,1H3. The molecule has 0 radical (unpaired) electrons.